The number of aromatic nitrogens is 2. The predicted molar refractivity (Wildman–Crippen MR) is 209 cm³/mol. The zero-order chi connectivity index (χ0) is 37.3. The van der Waals surface area contributed by atoms with Gasteiger partial charge in [0, 0.05) is 11.8 Å². The maximum Gasteiger partial charge on any atom is 0.351 e. The van der Waals surface area contributed by atoms with Gasteiger partial charge in [-0.2, -0.15) is 4.98 Å². The van der Waals surface area contributed by atoms with E-state index in [1.807, 2.05) is 0 Å². The fourth-order valence-electron chi connectivity index (χ4n) is 8.09. The maximum atomic E-state index is 14.5. The van der Waals surface area contributed by atoms with E-state index < -0.39 is 65.0 Å². The topological polar surface area (TPSA) is 126 Å². The summed E-state index contributed by atoms with van der Waals surface area (Å²) in [6.07, 6.45) is -0.800. The maximum absolute atomic E-state index is 14.5. The Bertz CT molecular complexity index is 1560. The lowest BCUT2D eigenvalue weighted by molar-refractivity contribution is 0.0211. The molecule has 1 amide bonds. The van der Waals surface area contributed by atoms with Crippen LogP contribution in [-0.4, -0.2) is 61.2 Å². The number of rotatable bonds is 15. The van der Waals surface area contributed by atoms with Gasteiger partial charge in [-0.3, -0.25) is 9.36 Å². The van der Waals surface area contributed by atoms with Gasteiger partial charge in [0.15, 0.2) is 14.9 Å². The van der Waals surface area contributed by atoms with E-state index >= 15 is 0 Å². The zero-order valence-electron chi connectivity index (χ0n) is 30.9. The van der Waals surface area contributed by atoms with Crippen molar-refractivity contribution in [3.63, 3.8) is 0 Å². The molecule has 3 atom stereocenters. The molecule has 1 N–H and O–H groups in total. The molecule has 0 bridgehead atoms. The van der Waals surface area contributed by atoms with E-state index in [2.05, 4.69) is 125 Å². The average Bonchev–Trinajstić information content (AvgIpc) is 3.25. The third-order valence-electron chi connectivity index (χ3n) is 10.2. The zero-order valence-corrected chi connectivity index (χ0v) is 36.8. The van der Waals surface area contributed by atoms with Crippen LogP contribution in [0.4, 0.5) is 5.82 Å². The summed E-state index contributed by atoms with van der Waals surface area (Å²) in [5.74, 6) is -0.895. The Kier molecular flexibility index (Phi) is 14.0. The van der Waals surface area contributed by atoms with E-state index in [4.69, 9.17) is 13.6 Å². The van der Waals surface area contributed by atoms with Crippen molar-refractivity contribution in [1.29, 1.82) is 0 Å². The first-order valence-electron chi connectivity index (χ1n) is 17.1. The minimum Gasteiger partial charge on any atom is -0.407 e. The van der Waals surface area contributed by atoms with Crippen LogP contribution >= 0.6 is 31.9 Å². The van der Waals surface area contributed by atoms with Crippen LogP contribution in [0.15, 0.2) is 47.4 Å². The molecule has 1 aliphatic heterocycles. The van der Waals surface area contributed by atoms with Crippen molar-refractivity contribution in [3.05, 3.63) is 58.6 Å². The van der Waals surface area contributed by atoms with E-state index in [0.29, 0.717) is 5.56 Å². The molecule has 2 heterocycles. The van der Waals surface area contributed by atoms with Crippen molar-refractivity contribution in [2.24, 2.45) is 0 Å². The van der Waals surface area contributed by atoms with E-state index in [-0.39, 0.29) is 39.1 Å². The largest absolute Gasteiger partial charge is 0.407 e. The second-order valence-corrected chi connectivity index (χ2v) is 31.5. The third kappa shape index (κ3) is 8.39. The van der Waals surface area contributed by atoms with Crippen molar-refractivity contribution in [3.8, 4) is 0 Å². The molecule has 1 aromatic heterocycles. The van der Waals surface area contributed by atoms with Crippen molar-refractivity contribution in [2.75, 3.05) is 11.3 Å². The van der Waals surface area contributed by atoms with E-state index in [9.17, 15) is 18.0 Å². The monoisotopic (exact) mass is 863 g/mol. The molecule has 49 heavy (non-hydrogen) atoms. The molecule has 3 rings (SSSR count). The number of hydrogen-bond donors (Lipinski definition) is 1. The third-order valence-corrected chi connectivity index (χ3v) is 25.7. The van der Waals surface area contributed by atoms with Gasteiger partial charge in [0.05, 0.1) is 0 Å². The van der Waals surface area contributed by atoms with Gasteiger partial charge in [-0.05, 0) is 51.4 Å². The summed E-state index contributed by atoms with van der Waals surface area (Å²) in [5, 5.41) is 2.65. The van der Waals surface area contributed by atoms with Gasteiger partial charge in [0.25, 0.3) is 5.91 Å². The molecule has 1 aromatic carbocycles. The van der Waals surface area contributed by atoms with Crippen LogP contribution < -0.4 is 11.0 Å². The fraction of sp³-hybridized carbons (Fsp3) is 0.676. The number of alkyl halides is 2. The van der Waals surface area contributed by atoms with Crippen molar-refractivity contribution in [1.82, 2.24) is 9.55 Å². The summed E-state index contributed by atoms with van der Waals surface area (Å²) >= 11 is 7.53. The number of hydrogen-bond acceptors (Lipinski definition) is 8. The van der Waals surface area contributed by atoms with Gasteiger partial charge in [0.1, 0.15) is 17.9 Å². The Morgan fingerprint density at radius 2 is 1.37 bits per heavy atom. The van der Waals surface area contributed by atoms with Gasteiger partial charge in [0.2, 0.25) is 26.5 Å². The van der Waals surface area contributed by atoms with Gasteiger partial charge in [-0.25, -0.2) is 13.2 Å². The molecule has 0 aliphatic carbocycles. The lowest BCUT2D eigenvalue weighted by Crippen LogP contribution is -2.56. The van der Waals surface area contributed by atoms with Crippen LogP contribution in [0.3, 0.4) is 0 Å². The first kappa shape index (κ1) is 42.2. The molecular weight excluding hydrogens is 810 g/mol. The second kappa shape index (κ2) is 16.2. The lowest BCUT2D eigenvalue weighted by atomic mass is 10.2. The first-order valence-corrected chi connectivity index (χ1v) is 24.7. The molecule has 15 heteroatoms. The lowest BCUT2D eigenvalue weighted by Gasteiger charge is -2.46. The molecule has 276 valence electrons. The first-order chi connectivity index (χ1) is 22.6. The van der Waals surface area contributed by atoms with Crippen molar-refractivity contribution >= 4 is 70.1 Å². The predicted octanol–water partition coefficient (Wildman–Crippen LogP) is 8.96. The van der Waals surface area contributed by atoms with Crippen LogP contribution in [0, 0.1) is 0 Å². The molecule has 0 radical (unpaired) electrons. The van der Waals surface area contributed by atoms with Gasteiger partial charge >= 0.3 is 5.69 Å². The van der Waals surface area contributed by atoms with Gasteiger partial charge in [-0.1, -0.05) is 133 Å². The molecule has 1 fully saturated rings. The van der Waals surface area contributed by atoms with Crippen molar-refractivity contribution in [2.45, 2.75) is 137 Å². The fourth-order valence-corrected chi connectivity index (χ4v) is 23.3. The minimum absolute atomic E-state index is 0.0522. The highest BCUT2D eigenvalue weighted by Crippen LogP contribution is 2.55. The van der Waals surface area contributed by atoms with Crippen LogP contribution in [0.2, 0.25) is 33.2 Å². The van der Waals surface area contributed by atoms with E-state index in [1.54, 1.807) is 30.3 Å². The Morgan fingerprint density at radius 1 is 0.878 bits per heavy atom. The highest BCUT2D eigenvalue weighted by molar-refractivity contribution is 9.25. The summed E-state index contributed by atoms with van der Waals surface area (Å²) in [7, 11) is -9.41. The Labute approximate surface area is 311 Å². The molecular formula is C34H55Br2N3O7SSi2. The summed E-state index contributed by atoms with van der Waals surface area (Å²) < 4.78 is 49.2. The Hall–Kier alpha value is -1.21. The quantitative estimate of drug-likeness (QED) is 0.139. The number of ether oxygens (including phenoxy) is 1. The SMILES string of the molecule is CC(C)[Si](OCS(=O)(=O)[C@H]1O[C@@H](n2ccc(NC(=O)c3ccccc3)nc2=O)C(Br)(Br)[C@@H]1O[Si](C(C)C)(C(C)C)C(C)C)(C(C)C)C(C)C. The average molecular weight is 866 g/mol. The van der Waals surface area contributed by atoms with Crippen LogP contribution in [0.1, 0.15) is 99.7 Å². The number of benzene rings is 1. The number of nitrogens with zero attached hydrogens (tertiary/aromatic N) is 2. The number of amides is 1. The van der Waals surface area contributed by atoms with Crippen molar-refractivity contribution < 1.29 is 26.8 Å². The van der Waals surface area contributed by atoms with Crippen LogP contribution in [0.25, 0.3) is 0 Å². The summed E-state index contributed by atoms with van der Waals surface area (Å²) in [5.41, 5.74) is -0.855. The second-order valence-electron chi connectivity index (χ2n) is 15.0. The van der Waals surface area contributed by atoms with E-state index in [0.717, 1.165) is 0 Å². The molecule has 0 unspecified atom stereocenters. The molecule has 10 nitrogen and oxygen atoms in total. The highest BCUT2D eigenvalue weighted by atomic mass is 79.9. The molecule has 1 aliphatic rings. The van der Waals surface area contributed by atoms with Gasteiger partial charge < -0.3 is 18.9 Å². The summed E-state index contributed by atoms with van der Waals surface area (Å²) in [6.45, 7) is 25.4. The van der Waals surface area contributed by atoms with Crippen LogP contribution in [-0.2, 0) is 23.4 Å². The number of anilines is 1. The summed E-state index contributed by atoms with van der Waals surface area (Å²) in [4.78, 5) is 30.4. The number of sulfone groups is 1. The Balaban J connectivity index is 2.11. The normalized spacial score (nSPS) is 20.4. The standard InChI is InChI=1S/C34H55Br2N3O7SSi2/c1-21(2)48(22(3)4,23(5)6)44-20-47(42,43)31-29(46-49(24(7)8,25(9)10)26(11)12)34(35,36)32(45-31)39-19-18-28(38-33(39)41)37-30(40)27-16-14-13-15-17-27/h13-19,21-26,29,31-32H,20H2,1-12H3,(H,37,38,40,41)/t29-,31-,32-/m1/s1. The number of nitrogens with one attached hydrogen (secondary N) is 1. The Morgan fingerprint density at radius 3 is 1.82 bits per heavy atom. The molecule has 0 saturated carbocycles. The molecule has 2 aromatic rings. The van der Waals surface area contributed by atoms with Crippen LogP contribution in [0.5, 0.6) is 0 Å². The molecule has 1 saturated heterocycles. The number of halogens is 2. The smallest absolute Gasteiger partial charge is 0.351 e. The minimum atomic E-state index is -4.14. The molecule has 0 spiro atoms. The highest BCUT2D eigenvalue weighted by Gasteiger charge is 2.63. The summed E-state index contributed by atoms with van der Waals surface area (Å²) in [6, 6.07) is 10.1. The number of carbonyl (C=O) groups is 1. The van der Waals surface area contributed by atoms with E-state index in [1.165, 1.54) is 16.8 Å². The van der Waals surface area contributed by atoms with Gasteiger partial charge in [-0.15, -0.1) is 0 Å². The number of carbonyl (C=O) groups excluding carboxylic acids is 1.